The maximum atomic E-state index is 14.8. The fraction of sp³-hybridized carbons (Fsp3) is 0.389. The van der Waals surface area contributed by atoms with E-state index >= 15 is 0 Å². The molecule has 3 rings (SSSR count). The Morgan fingerprint density at radius 3 is 2.80 bits per heavy atom. The summed E-state index contributed by atoms with van der Waals surface area (Å²) in [6.07, 6.45) is 5.42. The minimum Gasteiger partial charge on any atom is -0.474 e. The Morgan fingerprint density at radius 1 is 1.40 bits per heavy atom. The van der Waals surface area contributed by atoms with Gasteiger partial charge in [-0.1, -0.05) is 17.0 Å². The van der Waals surface area contributed by atoms with Crippen LogP contribution < -0.4 is 10.2 Å². The minimum atomic E-state index is -0.326. The Bertz CT molecular complexity index is 965. The molecule has 0 unspecified atom stereocenters. The summed E-state index contributed by atoms with van der Waals surface area (Å²) in [5, 5.41) is 20.7. The van der Waals surface area contributed by atoms with Crippen LogP contribution >= 0.6 is 24.0 Å². The maximum Gasteiger partial charge on any atom is 0.256 e. The Balaban J connectivity index is 1.65. The molecule has 0 aliphatic carbocycles. The van der Waals surface area contributed by atoms with E-state index < -0.39 is 0 Å². The van der Waals surface area contributed by atoms with Crippen molar-refractivity contribution in [3.63, 3.8) is 0 Å². The normalized spacial score (nSPS) is 14.4. The number of piperazine rings is 1. The molecule has 1 N–H and O–H groups in total. The Hall–Kier alpha value is -2.91. The van der Waals surface area contributed by atoms with Gasteiger partial charge < -0.3 is 19.9 Å². The highest BCUT2D eigenvalue weighted by Gasteiger charge is 2.22. The molecule has 0 atom stereocenters. The first-order valence-electron chi connectivity index (χ1n) is 9.09. The van der Waals surface area contributed by atoms with Crippen molar-refractivity contribution in [1.29, 1.82) is 5.26 Å². The van der Waals surface area contributed by atoms with E-state index in [0.717, 1.165) is 0 Å². The van der Waals surface area contributed by atoms with Gasteiger partial charge in [-0.15, -0.1) is 10.1 Å². The third kappa shape index (κ3) is 5.17. The van der Waals surface area contributed by atoms with Crippen LogP contribution in [0.4, 0.5) is 10.1 Å². The van der Waals surface area contributed by atoms with Gasteiger partial charge in [0.25, 0.3) is 5.17 Å². The van der Waals surface area contributed by atoms with Gasteiger partial charge in [0.05, 0.1) is 31.2 Å². The summed E-state index contributed by atoms with van der Waals surface area (Å²) in [4.78, 5) is 7.87. The molecule has 0 radical (unpaired) electrons. The van der Waals surface area contributed by atoms with E-state index in [1.807, 2.05) is 22.2 Å². The minimum absolute atomic E-state index is 0.267. The van der Waals surface area contributed by atoms with Gasteiger partial charge in [-0.3, -0.25) is 0 Å². The molecule has 1 aliphatic rings. The fourth-order valence-corrected chi connectivity index (χ4v) is 3.71. The van der Waals surface area contributed by atoms with Crippen LogP contribution in [0, 0.1) is 17.3 Å². The average molecular weight is 449 g/mol. The highest BCUT2D eigenvalue weighted by atomic mass is 32.2. The van der Waals surface area contributed by atoms with Crippen molar-refractivity contribution < 1.29 is 9.13 Å². The van der Waals surface area contributed by atoms with Gasteiger partial charge in [-0.2, -0.15) is 5.26 Å². The van der Waals surface area contributed by atoms with Crippen LogP contribution in [0.25, 0.3) is 5.69 Å². The molecule has 2 heterocycles. The highest BCUT2D eigenvalue weighted by molar-refractivity contribution is 8.13. The largest absolute Gasteiger partial charge is 0.474 e. The summed E-state index contributed by atoms with van der Waals surface area (Å²) in [5.74, 6) is -0.326. The number of rotatable bonds is 4. The van der Waals surface area contributed by atoms with E-state index in [0.29, 0.717) is 55.0 Å². The number of anilines is 1. The molecular formula is C18H21FN8OS2. The van der Waals surface area contributed by atoms with E-state index in [-0.39, 0.29) is 11.0 Å². The number of amidine groups is 1. The number of aliphatic imine (C=N–C) groups is 1. The number of benzene rings is 1. The first kappa shape index (κ1) is 21.8. The molecule has 9 nitrogen and oxygen atoms in total. The fourth-order valence-electron chi connectivity index (χ4n) is 3.06. The highest BCUT2D eigenvalue weighted by Crippen LogP contribution is 2.24. The molecule has 0 saturated carbocycles. The predicted molar refractivity (Wildman–Crippen MR) is 118 cm³/mol. The second kappa shape index (κ2) is 10.2. The van der Waals surface area contributed by atoms with Crippen LogP contribution in [0.3, 0.4) is 0 Å². The van der Waals surface area contributed by atoms with Crippen LogP contribution in [0.2, 0.25) is 0 Å². The van der Waals surface area contributed by atoms with E-state index in [1.54, 1.807) is 18.3 Å². The summed E-state index contributed by atoms with van der Waals surface area (Å²) in [5.41, 5.74) is 1.76. The molecule has 1 fully saturated rings. The Labute approximate surface area is 183 Å². The monoisotopic (exact) mass is 448 g/mol. The summed E-state index contributed by atoms with van der Waals surface area (Å²) in [6.45, 7) is 2.99. The van der Waals surface area contributed by atoms with Crippen LogP contribution in [0.5, 0.6) is 0 Å². The van der Waals surface area contributed by atoms with E-state index in [1.165, 1.54) is 29.6 Å². The third-order valence-electron chi connectivity index (χ3n) is 4.55. The van der Waals surface area contributed by atoms with Crippen LogP contribution in [0.1, 0.15) is 5.69 Å². The predicted octanol–water partition coefficient (Wildman–Crippen LogP) is 1.75. The number of halogens is 1. The first-order valence-corrected chi connectivity index (χ1v) is 10.7. The molecule has 0 spiro atoms. The number of aromatic nitrogens is 3. The van der Waals surface area contributed by atoms with Crippen LogP contribution in [0.15, 0.2) is 29.4 Å². The van der Waals surface area contributed by atoms with Gasteiger partial charge in [-0.05, 0) is 30.6 Å². The van der Waals surface area contributed by atoms with Gasteiger partial charge in [-0.25, -0.2) is 9.07 Å². The van der Waals surface area contributed by atoms with Crippen molar-refractivity contribution in [2.24, 2.45) is 4.99 Å². The van der Waals surface area contributed by atoms with Gasteiger partial charge >= 0.3 is 0 Å². The standard InChI is InChI=1S/C18H21FN8OS2/c1-28-18(29)21-10-13-11-27(24-23-13)14-3-4-16(15(19)9-14)25-5-7-26(8-6-25)17(30-2)22-12-20/h3-4,9,11H,5-8,10H2,1-2H3,(H,21,29). The number of thioether (sulfide) groups is 1. The van der Waals surface area contributed by atoms with Crippen molar-refractivity contribution in [3.05, 3.63) is 35.9 Å². The number of hydrogen-bond donors (Lipinski definition) is 1. The smallest absolute Gasteiger partial charge is 0.256 e. The third-order valence-corrected chi connectivity index (χ3v) is 5.58. The second-order valence-corrected chi connectivity index (χ2v) is 7.45. The van der Waals surface area contributed by atoms with Crippen molar-refractivity contribution in [1.82, 2.24) is 25.2 Å². The van der Waals surface area contributed by atoms with Crippen molar-refractivity contribution in [2.75, 3.05) is 44.4 Å². The molecule has 1 aromatic heterocycles. The van der Waals surface area contributed by atoms with Gasteiger partial charge in [0.1, 0.15) is 11.5 Å². The molecular weight excluding hydrogens is 427 g/mol. The molecule has 30 heavy (non-hydrogen) atoms. The van der Waals surface area contributed by atoms with Crippen molar-refractivity contribution in [3.8, 4) is 11.9 Å². The molecule has 1 aliphatic heterocycles. The number of thiocarbonyl (C=S) groups is 1. The van der Waals surface area contributed by atoms with E-state index in [9.17, 15) is 4.39 Å². The lowest BCUT2D eigenvalue weighted by atomic mass is 10.2. The van der Waals surface area contributed by atoms with Crippen LogP contribution in [-0.4, -0.2) is 69.8 Å². The molecule has 2 aromatic rings. The molecule has 1 aromatic carbocycles. The van der Waals surface area contributed by atoms with Gasteiger partial charge in [0.2, 0.25) is 6.19 Å². The number of methoxy groups -OCH3 is 1. The quantitative estimate of drug-likeness (QED) is 0.325. The summed E-state index contributed by atoms with van der Waals surface area (Å²) < 4.78 is 21.2. The lowest BCUT2D eigenvalue weighted by molar-refractivity contribution is 0.390. The van der Waals surface area contributed by atoms with Gasteiger partial charge in [0.15, 0.2) is 5.17 Å². The number of nitriles is 1. The maximum absolute atomic E-state index is 14.8. The SMILES string of the molecule is COC(=S)NCc1cn(-c2ccc(N3CCN(C(=NC#N)SC)CC3)c(F)c2)nn1. The molecule has 0 bridgehead atoms. The molecule has 158 valence electrons. The molecule has 1 saturated heterocycles. The number of ether oxygens (including phenoxy) is 1. The average Bonchev–Trinajstić information content (AvgIpc) is 3.25. The van der Waals surface area contributed by atoms with Gasteiger partial charge in [0, 0.05) is 32.2 Å². The Morgan fingerprint density at radius 2 is 2.17 bits per heavy atom. The number of nitrogens with zero attached hydrogens (tertiary/aromatic N) is 7. The zero-order valence-corrected chi connectivity index (χ0v) is 18.2. The summed E-state index contributed by atoms with van der Waals surface area (Å²) in [7, 11) is 1.48. The molecule has 0 amide bonds. The van der Waals surface area contributed by atoms with Crippen molar-refractivity contribution in [2.45, 2.75) is 6.54 Å². The van der Waals surface area contributed by atoms with Crippen molar-refractivity contribution >= 4 is 40.0 Å². The summed E-state index contributed by atoms with van der Waals surface area (Å²) in [6, 6.07) is 5.00. The second-order valence-electron chi connectivity index (χ2n) is 6.31. The molecule has 12 heteroatoms. The number of nitrogens with one attached hydrogen (secondary N) is 1. The summed E-state index contributed by atoms with van der Waals surface area (Å²) >= 11 is 6.36. The lowest BCUT2D eigenvalue weighted by Crippen LogP contribution is -2.48. The number of hydrogen-bond acceptors (Lipinski definition) is 8. The Kier molecular flexibility index (Phi) is 7.42. The zero-order valence-electron chi connectivity index (χ0n) is 16.6. The van der Waals surface area contributed by atoms with E-state index in [2.05, 4.69) is 20.6 Å². The van der Waals surface area contributed by atoms with Crippen LogP contribution in [-0.2, 0) is 11.3 Å². The topological polar surface area (TPSA) is 94.6 Å². The first-order chi connectivity index (χ1) is 14.5. The zero-order chi connectivity index (χ0) is 21.5. The van der Waals surface area contributed by atoms with E-state index in [4.69, 9.17) is 22.2 Å². The lowest BCUT2D eigenvalue weighted by Gasteiger charge is -2.37.